The van der Waals surface area contributed by atoms with E-state index in [1.54, 1.807) is 0 Å². The molecule has 9 aromatic rings. The van der Waals surface area contributed by atoms with Crippen LogP contribution in [0.1, 0.15) is 11.1 Å². The van der Waals surface area contributed by atoms with E-state index in [0.717, 1.165) is 55.4 Å². The Morgan fingerprint density at radius 3 is 1.54 bits per heavy atom. The van der Waals surface area contributed by atoms with Crippen molar-refractivity contribution in [2.45, 2.75) is 0 Å². The number of para-hydroxylation sites is 4. The topological polar surface area (TPSA) is 57.4 Å². The van der Waals surface area contributed by atoms with Gasteiger partial charge in [-0.25, -0.2) is 0 Å². The highest BCUT2D eigenvalue weighted by atomic mass is 15.0. The number of benzene rings is 7. The number of aromatic nitrogens is 2. The monoisotopic (exact) mass is 610 g/mol. The van der Waals surface area contributed by atoms with Crippen molar-refractivity contribution in [3.63, 3.8) is 0 Å². The second-order valence-electron chi connectivity index (χ2n) is 12.0. The van der Waals surface area contributed by atoms with Crippen molar-refractivity contribution in [1.82, 2.24) is 9.13 Å². The van der Waals surface area contributed by atoms with Crippen molar-refractivity contribution >= 4 is 43.6 Å². The quantitative estimate of drug-likeness (QED) is 0.199. The molecule has 0 saturated carbocycles. The summed E-state index contributed by atoms with van der Waals surface area (Å²) < 4.78 is 4.51. The first-order valence-corrected chi connectivity index (χ1v) is 15.9. The maximum absolute atomic E-state index is 10.2. The fourth-order valence-electron chi connectivity index (χ4n) is 7.23. The largest absolute Gasteiger partial charge is 0.309 e. The number of nitriles is 2. The molecule has 0 atom stereocenters. The number of fused-ring (bicyclic) bond motifs is 6. The van der Waals surface area contributed by atoms with Crippen LogP contribution >= 0.6 is 0 Å². The van der Waals surface area contributed by atoms with Crippen molar-refractivity contribution in [2.75, 3.05) is 0 Å². The second kappa shape index (κ2) is 10.9. The van der Waals surface area contributed by atoms with E-state index in [1.165, 1.54) is 21.8 Å². The van der Waals surface area contributed by atoms with Gasteiger partial charge >= 0.3 is 0 Å². The molecule has 222 valence electrons. The van der Waals surface area contributed by atoms with Gasteiger partial charge in [0.15, 0.2) is 0 Å². The van der Waals surface area contributed by atoms with Crippen molar-refractivity contribution < 1.29 is 0 Å². The van der Waals surface area contributed by atoms with Gasteiger partial charge in [0.2, 0.25) is 0 Å². The van der Waals surface area contributed by atoms with E-state index >= 15 is 0 Å². The molecule has 0 radical (unpaired) electrons. The molecule has 0 aliphatic heterocycles. The second-order valence-corrected chi connectivity index (χ2v) is 12.0. The van der Waals surface area contributed by atoms with Gasteiger partial charge in [-0.05, 0) is 71.3 Å². The van der Waals surface area contributed by atoms with Crippen LogP contribution in [0.25, 0.3) is 77.2 Å². The van der Waals surface area contributed by atoms with Crippen molar-refractivity contribution in [2.24, 2.45) is 0 Å². The fraction of sp³-hybridized carbons (Fsp3) is 0. The predicted molar refractivity (Wildman–Crippen MR) is 195 cm³/mol. The zero-order chi connectivity index (χ0) is 32.2. The summed E-state index contributed by atoms with van der Waals surface area (Å²) in [5, 5.41) is 24.3. The molecule has 0 unspecified atom stereocenters. The summed E-state index contributed by atoms with van der Waals surface area (Å²) in [6, 6.07) is 59.1. The van der Waals surface area contributed by atoms with Gasteiger partial charge in [-0.15, -0.1) is 0 Å². The van der Waals surface area contributed by atoms with Gasteiger partial charge < -0.3 is 9.13 Å². The average molecular weight is 611 g/mol. The molecule has 0 N–H and O–H groups in total. The molecule has 4 nitrogen and oxygen atoms in total. The Balaban J connectivity index is 1.17. The van der Waals surface area contributed by atoms with E-state index in [0.29, 0.717) is 11.1 Å². The van der Waals surface area contributed by atoms with Gasteiger partial charge in [0.1, 0.15) is 6.07 Å². The number of rotatable bonds is 4. The molecule has 2 aromatic heterocycles. The summed E-state index contributed by atoms with van der Waals surface area (Å²) in [7, 11) is 0. The van der Waals surface area contributed by atoms with Gasteiger partial charge in [0.25, 0.3) is 0 Å². The summed E-state index contributed by atoms with van der Waals surface area (Å²) in [5.74, 6) is 0. The Morgan fingerprint density at radius 1 is 0.375 bits per heavy atom. The van der Waals surface area contributed by atoms with Crippen LogP contribution in [0.4, 0.5) is 0 Å². The van der Waals surface area contributed by atoms with E-state index in [1.807, 2.05) is 42.5 Å². The molecule has 0 spiro atoms. The van der Waals surface area contributed by atoms with Gasteiger partial charge in [0.05, 0.1) is 50.6 Å². The van der Waals surface area contributed by atoms with Crippen molar-refractivity contribution in [3.8, 4) is 45.8 Å². The lowest BCUT2D eigenvalue weighted by Gasteiger charge is -2.15. The minimum atomic E-state index is 0.586. The molecule has 0 saturated heterocycles. The summed E-state index contributed by atoms with van der Waals surface area (Å²) in [5.41, 5.74) is 11.8. The summed E-state index contributed by atoms with van der Waals surface area (Å²) in [6.07, 6.45) is 0. The third-order valence-corrected chi connectivity index (χ3v) is 9.42. The van der Waals surface area contributed by atoms with Crippen LogP contribution in [0.3, 0.4) is 0 Å². The van der Waals surface area contributed by atoms with E-state index in [9.17, 15) is 10.5 Å². The Hall–Kier alpha value is -6.88. The van der Waals surface area contributed by atoms with Crippen LogP contribution in [-0.4, -0.2) is 9.13 Å². The molecule has 0 fully saturated rings. The van der Waals surface area contributed by atoms with Crippen LogP contribution in [0, 0.1) is 22.7 Å². The summed E-state index contributed by atoms with van der Waals surface area (Å²) in [4.78, 5) is 0. The highest BCUT2D eigenvalue weighted by Crippen LogP contribution is 2.38. The molecule has 2 heterocycles. The van der Waals surface area contributed by atoms with Gasteiger partial charge in [-0.3, -0.25) is 0 Å². The van der Waals surface area contributed by atoms with Crippen molar-refractivity contribution in [1.29, 1.82) is 10.5 Å². The minimum Gasteiger partial charge on any atom is -0.309 e. The van der Waals surface area contributed by atoms with E-state index in [-0.39, 0.29) is 0 Å². The standard InChI is InChI=1S/C44H26N4/c45-27-29-17-24-43-38(25-29)37-12-4-8-16-42(37)48(43)44-26-32(22-23-33(44)28-46)30-18-20-31(21-19-30)34-9-1-5-13-39(34)47-40-14-6-2-10-35(40)36-11-3-7-15-41(36)47/h1-26H. The lowest BCUT2D eigenvalue weighted by Crippen LogP contribution is -1.98. The molecule has 4 heteroatoms. The lowest BCUT2D eigenvalue weighted by molar-refractivity contribution is 1.17. The maximum Gasteiger partial charge on any atom is 0.101 e. The van der Waals surface area contributed by atoms with Gasteiger partial charge in [-0.2, -0.15) is 10.5 Å². The molecular formula is C44H26N4. The smallest absolute Gasteiger partial charge is 0.101 e. The summed E-state index contributed by atoms with van der Waals surface area (Å²) >= 11 is 0. The normalized spacial score (nSPS) is 11.3. The average Bonchev–Trinajstić information content (AvgIpc) is 3.67. The highest BCUT2D eigenvalue weighted by Gasteiger charge is 2.18. The first-order valence-electron chi connectivity index (χ1n) is 15.9. The highest BCUT2D eigenvalue weighted by molar-refractivity contribution is 6.11. The SMILES string of the molecule is N#Cc1ccc2c(c1)c1ccccc1n2-c1cc(-c2ccc(-c3ccccc3-n3c4ccccc4c4ccccc43)cc2)ccc1C#N. The fourth-order valence-corrected chi connectivity index (χ4v) is 7.23. The molecule has 7 aromatic carbocycles. The Morgan fingerprint density at radius 2 is 0.896 bits per heavy atom. The van der Waals surface area contributed by atoms with Gasteiger partial charge in [0, 0.05) is 27.1 Å². The van der Waals surface area contributed by atoms with Crippen LogP contribution in [-0.2, 0) is 0 Å². The van der Waals surface area contributed by atoms with Gasteiger partial charge in [-0.1, -0.05) is 103 Å². The third-order valence-electron chi connectivity index (χ3n) is 9.42. The number of hydrogen-bond donors (Lipinski definition) is 0. The third kappa shape index (κ3) is 4.14. The van der Waals surface area contributed by atoms with Crippen LogP contribution in [0.15, 0.2) is 158 Å². The Labute approximate surface area is 277 Å². The maximum atomic E-state index is 10.2. The number of nitrogens with zero attached hydrogens (tertiary/aromatic N) is 4. The first kappa shape index (κ1) is 27.4. The zero-order valence-electron chi connectivity index (χ0n) is 25.8. The van der Waals surface area contributed by atoms with E-state index in [4.69, 9.17) is 0 Å². The molecule has 0 aliphatic rings. The predicted octanol–water partition coefficient (Wildman–Crippen LogP) is 11.0. The minimum absolute atomic E-state index is 0.586. The first-order chi connectivity index (χ1) is 23.7. The molecular weight excluding hydrogens is 585 g/mol. The number of hydrogen-bond acceptors (Lipinski definition) is 2. The zero-order valence-corrected chi connectivity index (χ0v) is 25.8. The Bertz CT molecular complexity index is 2750. The van der Waals surface area contributed by atoms with Crippen LogP contribution in [0.2, 0.25) is 0 Å². The van der Waals surface area contributed by atoms with E-state index < -0.39 is 0 Å². The van der Waals surface area contributed by atoms with E-state index in [2.05, 4.69) is 137 Å². The molecule has 0 aliphatic carbocycles. The van der Waals surface area contributed by atoms with Crippen LogP contribution in [0.5, 0.6) is 0 Å². The van der Waals surface area contributed by atoms with Crippen LogP contribution < -0.4 is 0 Å². The molecule has 9 rings (SSSR count). The summed E-state index contributed by atoms with van der Waals surface area (Å²) in [6.45, 7) is 0. The Kier molecular flexibility index (Phi) is 6.22. The molecule has 48 heavy (non-hydrogen) atoms. The van der Waals surface area contributed by atoms with Crippen molar-refractivity contribution in [3.05, 3.63) is 169 Å². The molecule has 0 amide bonds. The molecule has 0 bridgehead atoms. The lowest BCUT2D eigenvalue weighted by atomic mass is 9.98.